The Labute approximate surface area is 117 Å². The third kappa shape index (κ3) is 2.79. The zero-order chi connectivity index (χ0) is 12.4. The summed E-state index contributed by atoms with van der Waals surface area (Å²) >= 11 is 6.90. The Balaban J connectivity index is 2.35. The third-order valence-corrected chi connectivity index (χ3v) is 3.85. The van der Waals surface area contributed by atoms with Crippen molar-refractivity contribution >= 4 is 48.9 Å². The van der Waals surface area contributed by atoms with Crippen LogP contribution in [-0.4, -0.2) is 4.98 Å². The summed E-state index contributed by atoms with van der Waals surface area (Å²) in [5.41, 5.74) is 9.47. The molecule has 0 amide bonds. The maximum Gasteiger partial charge on any atom is 0.0794 e. The van der Waals surface area contributed by atoms with Gasteiger partial charge in [-0.15, -0.1) is 0 Å². The summed E-state index contributed by atoms with van der Waals surface area (Å²) in [5.74, 6) is 0. The van der Waals surface area contributed by atoms with Crippen LogP contribution in [0.1, 0.15) is 5.56 Å². The Bertz CT molecular complexity index is 535. The standard InChI is InChI=1S/C12H11Br2N3/c1-7-4-8(2-3-9(7)13)17-12-10(14)5-16-6-11(12)15/h2-6H,15H2,1H3,(H,16,17). The molecule has 2 aromatic rings. The average molecular weight is 357 g/mol. The molecule has 5 heteroatoms. The molecule has 0 saturated heterocycles. The van der Waals surface area contributed by atoms with E-state index in [1.807, 2.05) is 19.1 Å². The van der Waals surface area contributed by atoms with E-state index < -0.39 is 0 Å². The van der Waals surface area contributed by atoms with E-state index in [4.69, 9.17) is 5.73 Å². The number of hydrogen-bond acceptors (Lipinski definition) is 3. The molecule has 0 unspecified atom stereocenters. The number of rotatable bonds is 2. The maximum absolute atomic E-state index is 5.87. The Morgan fingerprint density at radius 3 is 2.59 bits per heavy atom. The molecule has 0 saturated carbocycles. The summed E-state index contributed by atoms with van der Waals surface area (Å²) in [7, 11) is 0. The molecule has 3 N–H and O–H groups in total. The molecule has 0 fully saturated rings. The zero-order valence-corrected chi connectivity index (χ0v) is 12.3. The number of anilines is 3. The predicted molar refractivity (Wildman–Crippen MR) is 78.5 cm³/mol. The van der Waals surface area contributed by atoms with Crippen LogP contribution in [0, 0.1) is 6.92 Å². The monoisotopic (exact) mass is 355 g/mol. The van der Waals surface area contributed by atoms with Crippen LogP contribution in [-0.2, 0) is 0 Å². The Hall–Kier alpha value is -1.07. The van der Waals surface area contributed by atoms with Crippen LogP contribution in [0.5, 0.6) is 0 Å². The van der Waals surface area contributed by atoms with Crippen molar-refractivity contribution in [1.82, 2.24) is 4.98 Å². The molecule has 0 bridgehead atoms. The first-order valence-corrected chi connectivity index (χ1v) is 6.58. The van der Waals surface area contributed by atoms with Crippen LogP contribution < -0.4 is 11.1 Å². The van der Waals surface area contributed by atoms with Gasteiger partial charge in [-0.05, 0) is 46.6 Å². The second-order valence-corrected chi connectivity index (χ2v) is 5.38. The largest absolute Gasteiger partial charge is 0.396 e. The van der Waals surface area contributed by atoms with Crippen LogP contribution in [0.2, 0.25) is 0 Å². The highest BCUT2D eigenvalue weighted by Gasteiger charge is 2.05. The normalized spacial score (nSPS) is 10.3. The van der Waals surface area contributed by atoms with Gasteiger partial charge < -0.3 is 11.1 Å². The minimum atomic E-state index is 0.611. The molecule has 0 radical (unpaired) electrons. The number of halogens is 2. The molecule has 0 aliphatic rings. The third-order valence-electron chi connectivity index (χ3n) is 2.36. The van der Waals surface area contributed by atoms with Gasteiger partial charge in [-0.3, -0.25) is 4.98 Å². The second-order valence-electron chi connectivity index (χ2n) is 3.67. The summed E-state index contributed by atoms with van der Waals surface area (Å²) in [6.07, 6.45) is 3.34. The van der Waals surface area contributed by atoms with Crippen LogP contribution >= 0.6 is 31.9 Å². The lowest BCUT2D eigenvalue weighted by atomic mass is 10.2. The van der Waals surface area contributed by atoms with Gasteiger partial charge >= 0.3 is 0 Å². The Kier molecular flexibility index (Phi) is 3.69. The summed E-state index contributed by atoms with van der Waals surface area (Å²) in [6, 6.07) is 6.04. The van der Waals surface area contributed by atoms with E-state index >= 15 is 0 Å². The van der Waals surface area contributed by atoms with Crippen molar-refractivity contribution in [3.63, 3.8) is 0 Å². The minimum absolute atomic E-state index is 0.611. The second kappa shape index (κ2) is 5.06. The van der Waals surface area contributed by atoms with E-state index in [0.717, 1.165) is 20.3 Å². The van der Waals surface area contributed by atoms with Crippen molar-refractivity contribution in [2.75, 3.05) is 11.1 Å². The van der Waals surface area contributed by atoms with Gasteiger partial charge in [-0.25, -0.2) is 0 Å². The first kappa shape index (κ1) is 12.4. The highest BCUT2D eigenvalue weighted by Crippen LogP contribution is 2.31. The number of nitrogen functional groups attached to an aromatic ring is 1. The topological polar surface area (TPSA) is 50.9 Å². The van der Waals surface area contributed by atoms with Crippen molar-refractivity contribution in [2.45, 2.75) is 6.92 Å². The van der Waals surface area contributed by atoms with Gasteiger partial charge in [0.2, 0.25) is 0 Å². The molecule has 3 nitrogen and oxygen atoms in total. The lowest BCUT2D eigenvalue weighted by Gasteiger charge is -2.11. The fraction of sp³-hybridized carbons (Fsp3) is 0.0833. The smallest absolute Gasteiger partial charge is 0.0794 e. The van der Waals surface area contributed by atoms with Crippen molar-refractivity contribution in [2.24, 2.45) is 0 Å². The van der Waals surface area contributed by atoms with Gasteiger partial charge in [0.05, 0.1) is 22.0 Å². The number of nitrogens with one attached hydrogen (secondary N) is 1. The summed E-state index contributed by atoms with van der Waals surface area (Å²) < 4.78 is 1.93. The summed E-state index contributed by atoms with van der Waals surface area (Å²) in [5, 5.41) is 3.28. The van der Waals surface area contributed by atoms with Crippen LogP contribution in [0.4, 0.5) is 17.1 Å². The molecule has 0 aliphatic heterocycles. The molecular formula is C12H11Br2N3. The lowest BCUT2D eigenvalue weighted by molar-refractivity contribution is 1.30. The molecule has 1 heterocycles. The van der Waals surface area contributed by atoms with E-state index in [-0.39, 0.29) is 0 Å². The van der Waals surface area contributed by atoms with Crippen LogP contribution in [0.15, 0.2) is 39.5 Å². The lowest BCUT2D eigenvalue weighted by Crippen LogP contribution is -1.98. The first-order chi connectivity index (χ1) is 8.08. The summed E-state index contributed by atoms with van der Waals surface area (Å²) in [6.45, 7) is 2.04. The van der Waals surface area contributed by atoms with Gasteiger partial charge in [0.1, 0.15) is 0 Å². The predicted octanol–water partition coefficient (Wildman–Crippen LogP) is 4.24. The van der Waals surface area contributed by atoms with Gasteiger partial charge in [0.25, 0.3) is 0 Å². The molecular weight excluding hydrogens is 346 g/mol. The molecule has 88 valence electrons. The highest BCUT2D eigenvalue weighted by atomic mass is 79.9. The van der Waals surface area contributed by atoms with Crippen molar-refractivity contribution in [1.29, 1.82) is 0 Å². The maximum atomic E-state index is 5.87. The van der Waals surface area contributed by atoms with Crippen LogP contribution in [0.3, 0.4) is 0 Å². The fourth-order valence-corrected chi connectivity index (χ4v) is 2.14. The quantitative estimate of drug-likeness (QED) is 0.846. The van der Waals surface area contributed by atoms with E-state index in [2.05, 4.69) is 48.2 Å². The number of nitrogens with zero attached hydrogens (tertiary/aromatic N) is 1. The van der Waals surface area contributed by atoms with E-state index in [0.29, 0.717) is 5.69 Å². The SMILES string of the molecule is Cc1cc(Nc2c(N)cncc2Br)ccc1Br. The van der Waals surface area contributed by atoms with Crippen molar-refractivity contribution < 1.29 is 0 Å². The van der Waals surface area contributed by atoms with Crippen LogP contribution in [0.25, 0.3) is 0 Å². The van der Waals surface area contributed by atoms with Gasteiger partial charge in [-0.1, -0.05) is 15.9 Å². The van der Waals surface area contributed by atoms with E-state index in [1.165, 1.54) is 5.56 Å². The Morgan fingerprint density at radius 2 is 1.94 bits per heavy atom. The number of hydrogen-bond donors (Lipinski definition) is 2. The molecule has 0 spiro atoms. The molecule has 2 rings (SSSR count). The van der Waals surface area contributed by atoms with Crippen molar-refractivity contribution in [3.8, 4) is 0 Å². The van der Waals surface area contributed by atoms with E-state index in [9.17, 15) is 0 Å². The van der Waals surface area contributed by atoms with Gasteiger partial charge in [0, 0.05) is 16.4 Å². The first-order valence-electron chi connectivity index (χ1n) is 5.00. The Morgan fingerprint density at radius 1 is 1.18 bits per heavy atom. The molecule has 1 aromatic carbocycles. The molecule has 0 aliphatic carbocycles. The van der Waals surface area contributed by atoms with Gasteiger partial charge in [-0.2, -0.15) is 0 Å². The summed E-state index contributed by atoms with van der Waals surface area (Å²) in [4.78, 5) is 4.00. The fourth-order valence-electron chi connectivity index (χ4n) is 1.45. The number of nitrogens with two attached hydrogens (primary N) is 1. The number of aromatic nitrogens is 1. The zero-order valence-electron chi connectivity index (χ0n) is 9.17. The van der Waals surface area contributed by atoms with E-state index in [1.54, 1.807) is 12.4 Å². The minimum Gasteiger partial charge on any atom is -0.396 e. The molecule has 17 heavy (non-hydrogen) atoms. The molecule has 1 aromatic heterocycles. The number of benzene rings is 1. The highest BCUT2D eigenvalue weighted by molar-refractivity contribution is 9.10. The van der Waals surface area contributed by atoms with Crippen molar-refractivity contribution in [3.05, 3.63) is 45.1 Å². The molecule has 0 atom stereocenters. The van der Waals surface area contributed by atoms with Gasteiger partial charge in [0.15, 0.2) is 0 Å². The average Bonchev–Trinajstić information content (AvgIpc) is 2.28. The number of aryl methyl sites for hydroxylation is 1. The number of pyridine rings is 1.